The van der Waals surface area contributed by atoms with Crippen LogP contribution in [0.4, 0.5) is 5.69 Å². The van der Waals surface area contributed by atoms with Gasteiger partial charge in [0.05, 0.1) is 16.6 Å². The Morgan fingerprint density at radius 2 is 2.32 bits per heavy atom. The molecule has 1 aliphatic rings. The van der Waals surface area contributed by atoms with Gasteiger partial charge >= 0.3 is 0 Å². The zero-order valence-electron chi connectivity index (χ0n) is 10.4. The highest BCUT2D eigenvalue weighted by atomic mass is 79.9. The second-order valence-electron chi connectivity index (χ2n) is 4.53. The van der Waals surface area contributed by atoms with Crippen molar-refractivity contribution in [1.29, 1.82) is 0 Å². The summed E-state index contributed by atoms with van der Waals surface area (Å²) < 4.78 is 2.69. The lowest BCUT2D eigenvalue weighted by Gasteiger charge is -2.02. The first kappa shape index (κ1) is 12.4. The van der Waals surface area contributed by atoms with Crippen LogP contribution in [0.2, 0.25) is 0 Å². The van der Waals surface area contributed by atoms with E-state index in [4.69, 9.17) is 5.73 Å². The Balaban J connectivity index is 2.09. The fraction of sp³-hybridized carbons (Fsp3) is 0.231. The lowest BCUT2D eigenvalue weighted by Crippen LogP contribution is -2.04. The fourth-order valence-electron chi connectivity index (χ4n) is 2.32. The van der Waals surface area contributed by atoms with Crippen molar-refractivity contribution in [2.75, 3.05) is 5.32 Å². The maximum Gasteiger partial charge on any atom is 0.228 e. The summed E-state index contributed by atoms with van der Waals surface area (Å²) in [5.74, 6) is 0.0369. The van der Waals surface area contributed by atoms with Gasteiger partial charge in [-0.2, -0.15) is 5.10 Å². The Morgan fingerprint density at radius 3 is 3.00 bits per heavy atom. The Morgan fingerprint density at radius 1 is 1.53 bits per heavy atom. The number of amides is 1. The van der Waals surface area contributed by atoms with Gasteiger partial charge in [0, 0.05) is 24.8 Å². The predicted molar refractivity (Wildman–Crippen MR) is 76.6 cm³/mol. The molecule has 3 rings (SSSR count). The van der Waals surface area contributed by atoms with Crippen molar-refractivity contribution in [2.45, 2.75) is 13.0 Å². The second-order valence-corrected chi connectivity index (χ2v) is 5.33. The maximum absolute atomic E-state index is 11.4. The fourth-order valence-corrected chi connectivity index (χ4v) is 3.04. The average Bonchev–Trinajstić information content (AvgIpc) is 2.87. The van der Waals surface area contributed by atoms with Gasteiger partial charge in [-0.05, 0) is 33.6 Å². The van der Waals surface area contributed by atoms with E-state index in [0.717, 1.165) is 32.7 Å². The predicted octanol–water partition coefficient (Wildman–Crippen LogP) is 1.80. The minimum absolute atomic E-state index is 0.0369. The van der Waals surface area contributed by atoms with E-state index in [-0.39, 0.29) is 5.91 Å². The van der Waals surface area contributed by atoms with E-state index in [1.54, 1.807) is 4.68 Å². The lowest BCUT2D eigenvalue weighted by atomic mass is 10.1. The van der Waals surface area contributed by atoms with Crippen LogP contribution >= 0.6 is 15.9 Å². The highest BCUT2D eigenvalue weighted by Crippen LogP contribution is 2.33. The number of hydrogen-bond acceptors (Lipinski definition) is 3. The number of carbonyl (C=O) groups excluding carboxylic acids is 1. The molecule has 0 spiro atoms. The van der Waals surface area contributed by atoms with Gasteiger partial charge in [-0.15, -0.1) is 0 Å². The molecular formula is C13H13BrN4O. The van der Waals surface area contributed by atoms with Gasteiger partial charge in [0.15, 0.2) is 0 Å². The van der Waals surface area contributed by atoms with Gasteiger partial charge in [-0.25, -0.2) is 0 Å². The molecule has 0 aliphatic carbocycles. The number of nitrogens with zero attached hydrogens (tertiary/aromatic N) is 2. The summed E-state index contributed by atoms with van der Waals surface area (Å²) in [6.45, 7) is 0.426. The Bertz CT molecular complexity index is 678. The minimum Gasteiger partial charge on any atom is -0.326 e. The standard InChI is InChI=1S/C13H13BrN4O/c1-18-10(6-15)12(14)13(17-18)7-2-3-9-8(4-7)5-11(19)16-9/h2-4H,5-6,15H2,1H3,(H,16,19). The summed E-state index contributed by atoms with van der Waals surface area (Å²) >= 11 is 3.55. The third-order valence-electron chi connectivity index (χ3n) is 3.30. The van der Waals surface area contributed by atoms with E-state index < -0.39 is 0 Å². The van der Waals surface area contributed by atoms with E-state index in [2.05, 4.69) is 26.3 Å². The number of anilines is 1. The van der Waals surface area contributed by atoms with Gasteiger partial charge in [0.2, 0.25) is 5.91 Å². The van der Waals surface area contributed by atoms with Gasteiger partial charge in [-0.1, -0.05) is 6.07 Å². The number of hydrogen-bond donors (Lipinski definition) is 2. The van der Waals surface area contributed by atoms with Crippen LogP contribution in [0.25, 0.3) is 11.3 Å². The van der Waals surface area contributed by atoms with Crippen LogP contribution in [-0.2, 0) is 24.8 Å². The number of nitrogens with one attached hydrogen (secondary N) is 1. The molecule has 0 bridgehead atoms. The molecule has 2 aromatic rings. The molecule has 0 unspecified atom stereocenters. The third-order valence-corrected chi connectivity index (χ3v) is 4.13. The summed E-state index contributed by atoms with van der Waals surface area (Å²) in [5, 5.41) is 7.30. The number of aryl methyl sites for hydroxylation is 1. The van der Waals surface area contributed by atoms with E-state index in [0.29, 0.717) is 13.0 Å². The van der Waals surface area contributed by atoms with E-state index >= 15 is 0 Å². The van der Waals surface area contributed by atoms with Crippen LogP contribution < -0.4 is 11.1 Å². The Kier molecular flexibility index (Phi) is 2.91. The zero-order valence-corrected chi connectivity index (χ0v) is 12.0. The first-order valence-electron chi connectivity index (χ1n) is 5.94. The van der Waals surface area contributed by atoms with Crippen molar-refractivity contribution in [2.24, 2.45) is 12.8 Å². The van der Waals surface area contributed by atoms with E-state index in [1.807, 2.05) is 25.2 Å². The zero-order chi connectivity index (χ0) is 13.6. The SMILES string of the molecule is Cn1nc(-c2ccc3c(c2)CC(=O)N3)c(Br)c1CN. The Hall–Kier alpha value is -1.66. The summed E-state index contributed by atoms with van der Waals surface area (Å²) in [6.07, 6.45) is 0.428. The molecule has 1 aromatic carbocycles. The molecule has 0 fully saturated rings. The van der Waals surface area contributed by atoms with Gasteiger partial charge < -0.3 is 11.1 Å². The first-order chi connectivity index (χ1) is 9.10. The molecule has 5 nitrogen and oxygen atoms in total. The quantitative estimate of drug-likeness (QED) is 0.886. The molecule has 1 amide bonds. The molecule has 0 radical (unpaired) electrons. The third kappa shape index (κ3) is 1.97. The maximum atomic E-state index is 11.4. The van der Waals surface area contributed by atoms with Crippen LogP contribution in [0.15, 0.2) is 22.7 Å². The number of aromatic nitrogens is 2. The van der Waals surface area contributed by atoms with Crippen molar-refractivity contribution in [3.8, 4) is 11.3 Å². The number of fused-ring (bicyclic) bond motifs is 1. The molecule has 1 aliphatic heterocycles. The molecule has 0 saturated carbocycles. The second kappa shape index (κ2) is 4.47. The lowest BCUT2D eigenvalue weighted by molar-refractivity contribution is -0.115. The highest BCUT2D eigenvalue weighted by molar-refractivity contribution is 9.10. The van der Waals surface area contributed by atoms with Crippen molar-refractivity contribution < 1.29 is 4.79 Å². The van der Waals surface area contributed by atoms with Crippen LogP contribution in [0, 0.1) is 0 Å². The number of benzene rings is 1. The van der Waals surface area contributed by atoms with Crippen LogP contribution in [-0.4, -0.2) is 15.7 Å². The summed E-state index contributed by atoms with van der Waals surface area (Å²) in [4.78, 5) is 11.4. The molecule has 0 atom stereocenters. The summed E-state index contributed by atoms with van der Waals surface area (Å²) in [7, 11) is 1.87. The minimum atomic E-state index is 0.0369. The Labute approximate surface area is 118 Å². The molecule has 3 N–H and O–H groups in total. The molecule has 6 heteroatoms. The van der Waals surface area contributed by atoms with Crippen molar-refractivity contribution in [3.05, 3.63) is 33.9 Å². The first-order valence-corrected chi connectivity index (χ1v) is 6.74. The number of carbonyl (C=O) groups is 1. The number of nitrogens with two attached hydrogens (primary N) is 1. The molecule has 2 heterocycles. The number of halogens is 1. The van der Waals surface area contributed by atoms with Crippen LogP contribution in [0.5, 0.6) is 0 Å². The van der Waals surface area contributed by atoms with E-state index in [1.165, 1.54) is 0 Å². The number of rotatable bonds is 2. The average molecular weight is 321 g/mol. The van der Waals surface area contributed by atoms with Gasteiger partial charge in [0.25, 0.3) is 0 Å². The van der Waals surface area contributed by atoms with Crippen molar-refractivity contribution in [1.82, 2.24) is 9.78 Å². The van der Waals surface area contributed by atoms with Crippen molar-refractivity contribution in [3.63, 3.8) is 0 Å². The highest BCUT2D eigenvalue weighted by Gasteiger charge is 2.20. The molecule has 0 saturated heterocycles. The largest absolute Gasteiger partial charge is 0.326 e. The molecule has 1 aromatic heterocycles. The van der Waals surface area contributed by atoms with E-state index in [9.17, 15) is 4.79 Å². The van der Waals surface area contributed by atoms with Crippen molar-refractivity contribution >= 4 is 27.5 Å². The normalized spacial score (nSPS) is 13.5. The summed E-state index contributed by atoms with van der Waals surface area (Å²) in [5.41, 5.74) is 10.4. The van der Waals surface area contributed by atoms with Gasteiger partial charge in [-0.3, -0.25) is 9.48 Å². The van der Waals surface area contributed by atoms with Gasteiger partial charge in [0.1, 0.15) is 5.69 Å². The van der Waals surface area contributed by atoms with Crippen LogP contribution in [0.3, 0.4) is 0 Å². The monoisotopic (exact) mass is 320 g/mol. The molecule has 19 heavy (non-hydrogen) atoms. The topological polar surface area (TPSA) is 72.9 Å². The van der Waals surface area contributed by atoms with Crippen LogP contribution in [0.1, 0.15) is 11.3 Å². The summed E-state index contributed by atoms with van der Waals surface area (Å²) in [6, 6.07) is 5.87. The molecule has 98 valence electrons. The smallest absolute Gasteiger partial charge is 0.228 e. The molecular weight excluding hydrogens is 308 g/mol.